The summed E-state index contributed by atoms with van der Waals surface area (Å²) in [5, 5.41) is 7.63. The lowest BCUT2D eigenvalue weighted by atomic mass is 10.2. The fourth-order valence-corrected chi connectivity index (χ4v) is 2.09. The zero-order valence-corrected chi connectivity index (χ0v) is 13.1. The molecule has 0 aliphatic heterocycles. The SMILES string of the molecule is CCOC(=O)C(Nc1ccc(S(N)(=O)=O)cc1)C(=O)OCC. The Kier molecular flexibility index (Phi) is 6.32. The number of carbonyl (C=O) groups is 2. The summed E-state index contributed by atoms with van der Waals surface area (Å²) in [6, 6.07) is 3.94. The Hall–Kier alpha value is -2.13. The Morgan fingerprint density at radius 2 is 1.55 bits per heavy atom. The summed E-state index contributed by atoms with van der Waals surface area (Å²) in [6.45, 7) is 3.45. The predicted molar refractivity (Wildman–Crippen MR) is 78.5 cm³/mol. The van der Waals surface area contributed by atoms with Crippen LogP contribution in [0.3, 0.4) is 0 Å². The molecule has 0 aliphatic carbocycles. The van der Waals surface area contributed by atoms with Crippen molar-refractivity contribution in [1.82, 2.24) is 0 Å². The minimum Gasteiger partial charge on any atom is -0.464 e. The molecule has 9 heteroatoms. The molecule has 1 rings (SSSR count). The number of hydrogen-bond donors (Lipinski definition) is 2. The van der Waals surface area contributed by atoms with E-state index >= 15 is 0 Å². The van der Waals surface area contributed by atoms with Crippen LogP contribution in [-0.2, 0) is 29.1 Å². The maximum absolute atomic E-state index is 11.8. The molecule has 0 aliphatic rings. The highest BCUT2D eigenvalue weighted by molar-refractivity contribution is 7.89. The number of benzene rings is 1. The summed E-state index contributed by atoms with van der Waals surface area (Å²) in [4.78, 5) is 23.5. The second-order valence-corrected chi connectivity index (χ2v) is 5.71. The van der Waals surface area contributed by atoms with Crippen LogP contribution in [-0.4, -0.2) is 39.6 Å². The summed E-state index contributed by atoms with van der Waals surface area (Å²) in [7, 11) is -3.81. The smallest absolute Gasteiger partial charge is 0.340 e. The largest absolute Gasteiger partial charge is 0.464 e. The van der Waals surface area contributed by atoms with Crippen molar-refractivity contribution in [1.29, 1.82) is 0 Å². The normalized spacial score (nSPS) is 11.1. The zero-order chi connectivity index (χ0) is 16.8. The fraction of sp³-hybridized carbons (Fsp3) is 0.385. The van der Waals surface area contributed by atoms with E-state index < -0.39 is 28.0 Å². The second-order valence-electron chi connectivity index (χ2n) is 4.15. The van der Waals surface area contributed by atoms with Crippen LogP contribution in [0.25, 0.3) is 0 Å². The van der Waals surface area contributed by atoms with Gasteiger partial charge in [0.15, 0.2) is 0 Å². The lowest BCUT2D eigenvalue weighted by molar-refractivity contribution is -0.155. The average Bonchev–Trinajstić information content (AvgIpc) is 2.44. The molecule has 0 amide bonds. The van der Waals surface area contributed by atoms with Crippen molar-refractivity contribution in [3.63, 3.8) is 0 Å². The van der Waals surface area contributed by atoms with Crippen LogP contribution in [0.1, 0.15) is 13.8 Å². The zero-order valence-electron chi connectivity index (χ0n) is 12.2. The Morgan fingerprint density at radius 1 is 1.09 bits per heavy atom. The van der Waals surface area contributed by atoms with Crippen molar-refractivity contribution in [2.45, 2.75) is 24.8 Å². The van der Waals surface area contributed by atoms with E-state index in [0.29, 0.717) is 5.69 Å². The molecule has 0 saturated heterocycles. The molecule has 0 aromatic heterocycles. The maximum atomic E-state index is 11.8. The first-order valence-electron chi connectivity index (χ1n) is 6.52. The first-order valence-corrected chi connectivity index (χ1v) is 8.06. The van der Waals surface area contributed by atoms with E-state index in [9.17, 15) is 18.0 Å². The van der Waals surface area contributed by atoms with Gasteiger partial charge in [-0.1, -0.05) is 0 Å². The van der Waals surface area contributed by atoms with Crippen molar-refractivity contribution in [2.75, 3.05) is 18.5 Å². The highest BCUT2D eigenvalue weighted by Crippen LogP contribution is 2.14. The molecule has 122 valence electrons. The Morgan fingerprint density at radius 3 is 1.91 bits per heavy atom. The van der Waals surface area contributed by atoms with Crippen LogP contribution >= 0.6 is 0 Å². The van der Waals surface area contributed by atoms with Crippen LogP contribution in [0.2, 0.25) is 0 Å². The van der Waals surface area contributed by atoms with Gasteiger partial charge in [-0.3, -0.25) is 0 Å². The number of nitrogens with one attached hydrogen (secondary N) is 1. The second kappa shape index (κ2) is 7.76. The molecule has 1 aromatic carbocycles. The standard InChI is InChI=1S/C13H18N2O6S/c1-3-20-12(16)11(13(17)21-4-2)15-9-5-7-10(8-6-9)22(14,18)19/h5-8,11,15H,3-4H2,1-2H3,(H2,14,18,19). The number of nitrogens with two attached hydrogens (primary N) is 1. The quantitative estimate of drug-likeness (QED) is 0.542. The molecule has 22 heavy (non-hydrogen) atoms. The number of ether oxygens (including phenoxy) is 2. The van der Waals surface area contributed by atoms with Gasteiger partial charge in [-0.2, -0.15) is 0 Å². The van der Waals surface area contributed by atoms with Gasteiger partial charge in [-0.15, -0.1) is 0 Å². The molecule has 0 saturated carbocycles. The lowest BCUT2D eigenvalue weighted by Crippen LogP contribution is -2.40. The number of anilines is 1. The topological polar surface area (TPSA) is 125 Å². The van der Waals surface area contributed by atoms with E-state index in [1.54, 1.807) is 13.8 Å². The summed E-state index contributed by atoms with van der Waals surface area (Å²) in [5.41, 5.74) is 0.346. The molecule has 8 nitrogen and oxygen atoms in total. The molecule has 0 unspecified atom stereocenters. The van der Waals surface area contributed by atoms with Gasteiger partial charge >= 0.3 is 11.9 Å². The van der Waals surface area contributed by atoms with Crippen molar-refractivity contribution in [2.24, 2.45) is 5.14 Å². The number of sulfonamides is 1. The summed E-state index contributed by atoms with van der Waals surface area (Å²) in [5.74, 6) is -1.56. The molecule has 0 radical (unpaired) electrons. The van der Waals surface area contributed by atoms with Crippen molar-refractivity contribution in [3.8, 4) is 0 Å². The van der Waals surface area contributed by atoms with Crippen LogP contribution in [0, 0.1) is 0 Å². The van der Waals surface area contributed by atoms with Gasteiger partial charge < -0.3 is 14.8 Å². The van der Waals surface area contributed by atoms with E-state index in [1.165, 1.54) is 24.3 Å². The molecule has 0 spiro atoms. The molecule has 0 atom stereocenters. The third-order valence-corrected chi connectivity index (χ3v) is 3.47. The first-order chi connectivity index (χ1) is 10.3. The highest BCUT2D eigenvalue weighted by Gasteiger charge is 2.29. The lowest BCUT2D eigenvalue weighted by Gasteiger charge is -2.17. The Balaban J connectivity index is 2.94. The first kappa shape index (κ1) is 17.9. The molecule has 1 aromatic rings. The molecular weight excluding hydrogens is 312 g/mol. The molecule has 3 N–H and O–H groups in total. The van der Waals surface area contributed by atoms with Crippen LogP contribution in [0.15, 0.2) is 29.2 Å². The van der Waals surface area contributed by atoms with E-state index in [0.717, 1.165) is 0 Å². The minimum absolute atomic E-state index is 0.0816. The van der Waals surface area contributed by atoms with Crippen LogP contribution in [0.5, 0.6) is 0 Å². The average molecular weight is 330 g/mol. The Labute approximate surface area is 128 Å². The van der Waals surface area contributed by atoms with Gasteiger partial charge in [0.05, 0.1) is 18.1 Å². The summed E-state index contributed by atoms with van der Waals surface area (Å²) < 4.78 is 31.9. The number of esters is 2. The third kappa shape index (κ3) is 5.01. The van der Waals surface area contributed by atoms with Crippen molar-refractivity contribution >= 4 is 27.6 Å². The highest BCUT2D eigenvalue weighted by atomic mass is 32.2. The Bertz CT molecular complexity index is 608. The van der Waals surface area contributed by atoms with E-state index in [-0.39, 0.29) is 18.1 Å². The molecular formula is C13H18N2O6S. The van der Waals surface area contributed by atoms with Crippen LogP contribution in [0.4, 0.5) is 5.69 Å². The van der Waals surface area contributed by atoms with Gasteiger partial charge in [-0.05, 0) is 38.1 Å². The minimum atomic E-state index is -3.81. The number of carbonyl (C=O) groups excluding carboxylic acids is 2. The maximum Gasteiger partial charge on any atom is 0.340 e. The van der Waals surface area contributed by atoms with Crippen LogP contribution < -0.4 is 10.5 Å². The van der Waals surface area contributed by atoms with E-state index in [1.807, 2.05) is 0 Å². The molecule has 0 bridgehead atoms. The monoisotopic (exact) mass is 330 g/mol. The van der Waals surface area contributed by atoms with Gasteiger partial charge in [0.2, 0.25) is 16.1 Å². The van der Waals surface area contributed by atoms with E-state index in [4.69, 9.17) is 14.6 Å². The molecule has 0 heterocycles. The number of primary sulfonamides is 1. The molecule has 0 fully saturated rings. The van der Waals surface area contributed by atoms with Gasteiger partial charge in [0.1, 0.15) is 0 Å². The fourth-order valence-electron chi connectivity index (χ4n) is 1.57. The summed E-state index contributed by atoms with van der Waals surface area (Å²) in [6.07, 6.45) is 0. The number of rotatable bonds is 7. The van der Waals surface area contributed by atoms with Gasteiger partial charge in [0, 0.05) is 5.69 Å². The van der Waals surface area contributed by atoms with Gasteiger partial charge in [-0.25, -0.2) is 23.1 Å². The third-order valence-electron chi connectivity index (χ3n) is 2.54. The van der Waals surface area contributed by atoms with E-state index in [2.05, 4.69) is 5.32 Å². The predicted octanol–water partition coefficient (Wildman–Crippen LogP) is 0.241. The van der Waals surface area contributed by atoms with Gasteiger partial charge in [0.25, 0.3) is 0 Å². The van der Waals surface area contributed by atoms with Crippen molar-refractivity contribution in [3.05, 3.63) is 24.3 Å². The van der Waals surface area contributed by atoms with Crippen molar-refractivity contribution < 1.29 is 27.5 Å². The number of hydrogen-bond acceptors (Lipinski definition) is 7. The summed E-state index contributed by atoms with van der Waals surface area (Å²) >= 11 is 0.